The molecule has 2 aromatic carbocycles. The Morgan fingerprint density at radius 1 is 1.13 bits per heavy atom. The van der Waals surface area contributed by atoms with Gasteiger partial charge < -0.3 is 5.73 Å². The van der Waals surface area contributed by atoms with Crippen LogP contribution in [0.4, 0.5) is 10.1 Å². The maximum absolute atomic E-state index is 14.8. The van der Waals surface area contributed by atoms with Crippen LogP contribution in [0.15, 0.2) is 95.3 Å². The highest BCUT2D eigenvalue weighted by Gasteiger charge is 2.13. The molecule has 0 saturated carbocycles. The average molecular weight is 400 g/mol. The maximum atomic E-state index is 14.8. The fourth-order valence-electron chi connectivity index (χ4n) is 2.90. The quantitative estimate of drug-likeness (QED) is 0.502. The van der Waals surface area contributed by atoms with Crippen molar-refractivity contribution < 1.29 is 4.39 Å². The molecule has 7 nitrogen and oxygen atoms in total. The molecular weight excluding hydrogens is 383 g/mol. The number of benzene rings is 2. The average Bonchev–Trinajstić information content (AvgIpc) is 3.30. The fourth-order valence-corrected chi connectivity index (χ4v) is 2.90. The van der Waals surface area contributed by atoms with E-state index in [2.05, 4.69) is 20.3 Å². The summed E-state index contributed by atoms with van der Waals surface area (Å²) in [5, 5.41) is 10.9. The molecule has 0 aliphatic carbocycles. The summed E-state index contributed by atoms with van der Waals surface area (Å²) in [6.07, 6.45) is 7.46. The summed E-state index contributed by atoms with van der Waals surface area (Å²) >= 11 is 0. The molecule has 2 aromatic heterocycles. The molecule has 0 aliphatic rings. The number of aromatic nitrogens is 4. The lowest BCUT2D eigenvalue weighted by atomic mass is 10.1. The normalized spacial score (nSPS) is 11.8. The Morgan fingerprint density at radius 3 is 2.67 bits per heavy atom. The molecule has 0 fully saturated rings. The van der Waals surface area contributed by atoms with Gasteiger partial charge in [0.2, 0.25) is 5.43 Å². The molecule has 30 heavy (non-hydrogen) atoms. The van der Waals surface area contributed by atoms with E-state index < -0.39 is 5.82 Å². The molecule has 0 radical (unpaired) electrons. The van der Waals surface area contributed by atoms with Gasteiger partial charge in [-0.1, -0.05) is 24.3 Å². The summed E-state index contributed by atoms with van der Waals surface area (Å²) in [6.45, 7) is 0. The van der Waals surface area contributed by atoms with Crippen molar-refractivity contribution in [2.45, 2.75) is 0 Å². The Kier molecular flexibility index (Phi) is 5.29. The van der Waals surface area contributed by atoms with Gasteiger partial charge in [-0.2, -0.15) is 10.2 Å². The standard InChI is InChI=1S/C22H17FN6O/c23-18-12-15(16-13-25-26-14-16)6-7-20(18)29-11-9-21(30)22(28-29)19(8-10-24)27-17-4-2-1-3-5-17/h1-14H,24H2,(H,25,26). The number of H-pyrrole nitrogens is 1. The number of aliphatic imine (C=N–C) groups is 1. The number of hydrogen-bond acceptors (Lipinski definition) is 5. The Hall–Kier alpha value is -4.33. The zero-order valence-electron chi connectivity index (χ0n) is 15.7. The number of hydrogen-bond donors (Lipinski definition) is 2. The summed E-state index contributed by atoms with van der Waals surface area (Å²) in [7, 11) is 0. The van der Waals surface area contributed by atoms with Gasteiger partial charge in [0.05, 0.1) is 17.6 Å². The molecule has 0 atom stereocenters. The van der Waals surface area contributed by atoms with Crippen molar-refractivity contribution in [1.29, 1.82) is 0 Å². The van der Waals surface area contributed by atoms with Gasteiger partial charge in [0, 0.05) is 24.0 Å². The monoisotopic (exact) mass is 400 g/mol. The third kappa shape index (κ3) is 3.93. The van der Waals surface area contributed by atoms with Crippen LogP contribution in [0, 0.1) is 5.82 Å². The number of para-hydroxylation sites is 1. The summed E-state index contributed by atoms with van der Waals surface area (Å²) in [5.41, 5.74) is 7.79. The van der Waals surface area contributed by atoms with E-state index in [1.165, 1.54) is 35.3 Å². The van der Waals surface area contributed by atoms with E-state index in [1.807, 2.05) is 18.2 Å². The summed E-state index contributed by atoms with van der Waals surface area (Å²) in [4.78, 5) is 16.9. The van der Waals surface area contributed by atoms with Crippen LogP contribution < -0.4 is 11.2 Å². The van der Waals surface area contributed by atoms with Gasteiger partial charge in [-0.3, -0.25) is 9.89 Å². The molecule has 0 unspecified atom stereocenters. The van der Waals surface area contributed by atoms with E-state index in [9.17, 15) is 9.18 Å². The van der Waals surface area contributed by atoms with Gasteiger partial charge in [-0.05, 0) is 42.1 Å². The predicted octanol–water partition coefficient (Wildman–Crippen LogP) is 3.35. The second-order valence-corrected chi connectivity index (χ2v) is 6.32. The Morgan fingerprint density at radius 2 is 1.97 bits per heavy atom. The molecule has 0 saturated heterocycles. The fraction of sp³-hybridized carbons (Fsp3) is 0. The molecule has 3 N–H and O–H groups in total. The zero-order valence-corrected chi connectivity index (χ0v) is 15.7. The van der Waals surface area contributed by atoms with Crippen molar-refractivity contribution in [2.75, 3.05) is 0 Å². The van der Waals surface area contributed by atoms with E-state index in [1.54, 1.807) is 36.7 Å². The SMILES string of the molecule is NC=CC(=Nc1ccccc1)c1nn(-c2ccc(-c3cn[nH]c3)cc2F)ccc1=O. The summed E-state index contributed by atoms with van der Waals surface area (Å²) in [6, 6.07) is 15.1. The number of nitrogens with zero attached hydrogens (tertiary/aromatic N) is 4. The lowest BCUT2D eigenvalue weighted by Gasteiger charge is -2.10. The Labute approximate surface area is 171 Å². The minimum Gasteiger partial charge on any atom is -0.405 e. The number of nitrogens with two attached hydrogens (primary N) is 1. The number of halogens is 1. The molecule has 8 heteroatoms. The topological polar surface area (TPSA) is 102 Å². The lowest BCUT2D eigenvalue weighted by Crippen LogP contribution is -2.20. The van der Waals surface area contributed by atoms with E-state index in [-0.39, 0.29) is 22.5 Å². The van der Waals surface area contributed by atoms with Crippen LogP contribution in [0.1, 0.15) is 5.69 Å². The van der Waals surface area contributed by atoms with Crippen molar-refractivity contribution >= 4 is 11.4 Å². The molecule has 148 valence electrons. The molecule has 0 aliphatic heterocycles. The highest BCUT2D eigenvalue weighted by Crippen LogP contribution is 2.22. The highest BCUT2D eigenvalue weighted by molar-refractivity contribution is 6.08. The first-order chi connectivity index (χ1) is 14.7. The highest BCUT2D eigenvalue weighted by atomic mass is 19.1. The van der Waals surface area contributed by atoms with Crippen LogP contribution in [0.3, 0.4) is 0 Å². The first-order valence-corrected chi connectivity index (χ1v) is 9.07. The Bertz CT molecular complexity index is 1280. The summed E-state index contributed by atoms with van der Waals surface area (Å²) < 4.78 is 16.1. The van der Waals surface area contributed by atoms with Gasteiger partial charge in [-0.15, -0.1) is 0 Å². The largest absolute Gasteiger partial charge is 0.405 e. The summed E-state index contributed by atoms with van der Waals surface area (Å²) in [5.74, 6) is -0.494. The molecular formula is C22H17FN6O. The molecule has 2 heterocycles. The van der Waals surface area contributed by atoms with Crippen LogP contribution in [0.25, 0.3) is 16.8 Å². The van der Waals surface area contributed by atoms with Crippen molar-refractivity contribution in [3.05, 3.63) is 107 Å². The smallest absolute Gasteiger partial charge is 0.209 e. The van der Waals surface area contributed by atoms with Crippen molar-refractivity contribution in [1.82, 2.24) is 20.0 Å². The number of aromatic amines is 1. The van der Waals surface area contributed by atoms with E-state index >= 15 is 0 Å². The first-order valence-electron chi connectivity index (χ1n) is 9.07. The van der Waals surface area contributed by atoms with Crippen LogP contribution in [-0.4, -0.2) is 25.7 Å². The van der Waals surface area contributed by atoms with Crippen molar-refractivity contribution in [3.8, 4) is 16.8 Å². The third-order valence-electron chi connectivity index (χ3n) is 4.34. The number of nitrogens with one attached hydrogen (secondary N) is 1. The molecule has 0 spiro atoms. The molecule has 4 aromatic rings. The number of allylic oxidation sites excluding steroid dienone is 1. The second kappa shape index (κ2) is 8.36. The van der Waals surface area contributed by atoms with Gasteiger partial charge in [0.25, 0.3) is 0 Å². The lowest BCUT2D eigenvalue weighted by molar-refractivity contribution is 0.608. The number of rotatable bonds is 5. The van der Waals surface area contributed by atoms with E-state index in [0.717, 1.165) is 5.56 Å². The zero-order chi connectivity index (χ0) is 20.9. The molecule has 0 bridgehead atoms. The minimum absolute atomic E-state index is 0.0568. The third-order valence-corrected chi connectivity index (χ3v) is 4.34. The Balaban J connectivity index is 1.78. The van der Waals surface area contributed by atoms with Crippen LogP contribution in [0.5, 0.6) is 0 Å². The molecule has 4 rings (SSSR count). The van der Waals surface area contributed by atoms with Gasteiger partial charge in [-0.25, -0.2) is 14.1 Å². The van der Waals surface area contributed by atoms with Gasteiger partial charge in [0.15, 0.2) is 5.69 Å². The predicted molar refractivity (Wildman–Crippen MR) is 113 cm³/mol. The molecule has 0 amide bonds. The van der Waals surface area contributed by atoms with Crippen molar-refractivity contribution in [2.24, 2.45) is 10.7 Å². The van der Waals surface area contributed by atoms with Crippen LogP contribution >= 0.6 is 0 Å². The van der Waals surface area contributed by atoms with E-state index in [0.29, 0.717) is 11.3 Å². The maximum Gasteiger partial charge on any atom is 0.209 e. The minimum atomic E-state index is -0.494. The van der Waals surface area contributed by atoms with Crippen LogP contribution in [-0.2, 0) is 0 Å². The van der Waals surface area contributed by atoms with Gasteiger partial charge >= 0.3 is 0 Å². The second-order valence-electron chi connectivity index (χ2n) is 6.32. The van der Waals surface area contributed by atoms with Crippen molar-refractivity contribution in [3.63, 3.8) is 0 Å². The first kappa shape index (κ1) is 19.0. The van der Waals surface area contributed by atoms with E-state index in [4.69, 9.17) is 5.73 Å². The van der Waals surface area contributed by atoms with Crippen LogP contribution in [0.2, 0.25) is 0 Å². The van der Waals surface area contributed by atoms with Gasteiger partial charge in [0.1, 0.15) is 11.5 Å².